The van der Waals surface area contributed by atoms with Crippen LogP contribution in [0.1, 0.15) is 63.0 Å². The van der Waals surface area contributed by atoms with Crippen LogP contribution in [0.4, 0.5) is 0 Å². The quantitative estimate of drug-likeness (QED) is 0.344. The Morgan fingerprint density at radius 3 is 2.66 bits per heavy atom. The van der Waals surface area contributed by atoms with E-state index in [2.05, 4.69) is 110 Å². The molecule has 0 amide bonds. The van der Waals surface area contributed by atoms with Crippen LogP contribution in [-0.2, 0) is 0 Å². The average Bonchev–Trinajstić information content (AvgIpc) is 3.04. The van der Waals surface area contributed by atoms with Crippen molar-refractivity contribution >= 4 is 16.5 Å². The molecule has 5 unspecified atom stereocenters. The van der Waals surface area contributed by atoms with Gasteiger partial charge in [0.25, 0.3) is 0 Å². The van der Waals surface area contributed by atoms with Crippen LogP contribution in [0.25, 0.3) is 16.5 Å². The number of benzene rings is 2. The van der Waals surface area contributed by atoms with Gasteiger partial charge in [-0.3, -0.25) is 0 Å². The molecule has 1 heterocycles. The standard InChI is InChI=1S/C34H39N/c1-24(20-21-28-17-11-13-27-12-7-8-16-30(28)22-27)25(2)34(29-14-5-4-6-15-29)26(3)32-23-35-33-19-10-9-18-31(32)33/h4-10,12,14-16,18-19,22-25,27-28,34-35H,3,11,13,17,20-21H2,1-2H3. The molecule has 2 aromatic carbocycles. The zero-order chi connectivity index (χ0) is 24.2. The van der Waals surface area contributed by atoms with E-state index >= 15 is 0 Å². The SMILES string of the molecule is C=C(c1c[nH]c2ccccc12)C(c1ccccc1)C(C)C(C)CCC1CCCC2C=CC=CC1=C2. The first kappa shape index (κ1) is 23.7. The van der Waals surface area contributed by atoms with Crippen LogP contribution in [0.2, 0.25) is 0 Å². The Hall–Kier alpha value is -3.06. The lowest BCUT2D eigenvalue weighted by Gasteiger charge is -2.32. The number of H-pyrrole nitrogens is 1. The highest BCUT2D eigenvalue weighted by molar-refractivity contribution is 5.93. The summed E-state index contributed by atoms with van der Waals surface area (Å²) in [7, 11) is 0. The van der Waals surface area contributed by atoms with Crippen LogP contribution in [0, 0.1) is 23.7 Å². The van der Waals surface area contributed by atoms with Gasteiger partial charge in [0.2, 0.25) is 0 Å². The molecular formula is C34H39N. The summed E-state index contributed by atoms with van der Waals surface area (Å²) in [5.41, 5.74) is 6.61. The van der Waals surface area contributed by atoms with Crippen molar-refractivity contribution in [3.63, 3.8) is 0 Å². The minimum absolute atomic E-state index is 0.296. The smallest absolute Gasteiger partial charge is 0.0460 e. The largest absolute Gasteiger partial charge is 0.361 e. The van der Waals surface area contributed by atoms with E-state index < -0.39 is 0 Å². The molecule has 0 spiro atoms. The van der Waals surface area contributed by atoms with Crippen LogP contribution in [0.5, 0.6) is 0 Å². The molecule has 0 saturated carbocycles. The highest BCUT2D eigenvalue weighted by Crippen LogP contribution is 2.44. The van der Waals surface area contributed by atoms with Gasteiger partial charge in [-0.05, 0) is 72.1 Å². The molecule has 0 radical (unpaired) electrons. The maximum absolute atomic E-state index is 4.70. The molecule has 5 atom stereocenters. The number of aromatic nitrogens is 1. The molecule has 35 heavy (non-hydrogen) atoms. The lowest BCUT2D eigenvalue weighted by molar-refractivity contribution is 0.314. The third kappa shape index (κ3) is 5.15. The number of allylic oxidation sites excluding steroid dienone is 7. The predicted octanol–water partition coefficient (Wildman–Crippen LogP) is 9.49. The fraction of sp³-hybridized carbons (Fsp3) is 0.353. The summed E-state index contributed by atoms with van der Waals surface area (Å²) >= 11 is 0. The number of rotatable bonds is 8. The number of nitrogens with one attached hydrogen (secondary N) is 1. The van der Waals surface area contributed by atoms with Gasteiger partial charge in [0.15, 0.2) is 0 Å². The zero-order valence-electron chi connectivity index (χ0n) is 21.3. The van der Waals surface area contributed by atoms with Crippen LogP contribution < -0.4 is 0 Å². The molecule has 0 aliphatic heterocycles. The normalized spacial score (nSPS) is 22.2. The lowest BCUT2D eigenvalue weighted by atomic mass is 9.72. The van der Waals surface area contributed by atoms with E-state index in [4.69, 9.17) is 6.58 Å². The number of hydrogen-bond donors (Lipinski definition) is 1. The molecule has 0 fully saturated rings. The van der Waals surface area contributed by atoms with Crippen molar-refractivity contribution in [3.05, 3.63) is 114 Å². The van der Waals surface area contributed by atoms with Crippen molar-refractivity contribution in [1.29, 1.82) is 0 Å². The van der Waals surface area contributed by atoms with E-state index in [9.17, 15) is 0 Å². The zero-order valence-corrected chi connectivity index (χ0v) is 21.3. The summed E-state index contributed by atoms with van der Waals surface area (Å²) < 4.78 is 0. The van der Waals surface area contributed by atoms with Gasteiger partial charge in [0, 0.05) is 28.6 Å². The van der Waals surface area contributed by atoms with E-state index in [-0.39, 0.29) is 0 Å². The first-order valence-electron chi connectivity index (χ1n) is 13.5. The summed E-state index contributed by atoms with van der Waals surface area (Å²) in [6.07, 6.45) is 20.4. The molecule has 2 aliphatic rings. The average molecular weight is 462 g/mol. The van der Waals surface area contributed by atoms with E-state index in [0.717, 1.165) is 0 Å². The van der Waals surface area contributed by atoms with Crippen molar-refractivity contribution in [1.82, 2.24) is 4.98 Å². The molecule has 1 heteroatoms. The summed E-state index contributed by atoms with van der Waals surface area (Å²) in [5.74, 6) is 2.72. The van der Waals surface area contributed by atoms with E-state index in [1.165, 1.54) is 59.7 Å². The Bertz CT molecular complexity index is 1240. The molecule has 180 valence electrons. The molecule has 2 bridgehead atoms. The fourth-order valence-electron chi connectivity index (χ4n) is 6.30. The van der Waals surface area contributed by atoms with Crippen LogP contribution in [-0.4, -0.2) is 4.98 Å². The molecule has 2 aliphatic carbocycles. The Kier molecular flexibility index (Phi) is 7.23. The number of fused-ring (bicyclic) bond motifs is 2. The van der Waals surface area contributed by atoms with Gasteiger partial charge in [-0.25, -0.2) is 0 Å². The van der Waals surface area contributed by atoms with Crippen molar-refractivity contribution < 1.29 is 0 Å². The molecule has 1 aromatic heterocycles. The molecule has 3 aromatic rings. The summed E-state index contributed by atoms with van der Waals surface area (Å²) in [6.45, 7) is 9.60. The lowest BCUT2D eigenvalue weighted by Crippen LogP contribution is -2.20. The van der Waals surface area contributed by atoms with Crippen LogP contribution in [0.15, 0.2) is 103 Å². The second-order valence-electron chi connectivity index (χ2n) is 10.8. The first-order valence-corrected chi connectivity index (χ1v) is 13.5. The molecule has 1 N–H and O–H groups in total. The first-order chi connectivity index (χ1) is 17.1. The van der Waals surface area contributed by atoms with E-state index in [1.807, 2.05) is 0 Å². The van der Waals surface area contributed by atoms with Gasteiger partial charge in [0.05, 0.1) is 0 Å². The highest BCUT2D eigenvalue weighted by Gasteiger charge is 2.29. The molecule has 1 nitrogen and oxygen atoms in total. The maximum Gasteiger partial charge on any atom is 0.0460 e. The number of para-hydroxylation sites is 1. The van der Waals surface area contributed by atoms with Gasteiger partial charge >= 0.3 is 0 Å². The Morgan fingerprint density at radius 2 is 1.80 bits per heavy atom. The highest BCUT2D eigenvalue weighted by atomic mass is 14.7. The third-order valence-corrected chi connectivity index (χ3v) is 8.59. The Morgan fingerprint density at radius 1 is 1.00 bits per heavy atom. The number of hydrogen-bond acceptors (Lipinski definition) is 0. The minimum atomic E-state index is 0.296. The van der Waals surface area contributed by atoms with Crippen molar-refractivity contribution in [3.8, 4) is 0 Å². The number of aromatic amines is 1. The van der Waals surface area contributed by atoms with Gasteiger partial charge < -0.3 is 4.98 Å². The second-order valence-corrected chi connectivity index (χ2v) is 10.8. The maximum atomic E-state index is 4.70. The van der Waals surface area contributed by atoms with Gasteiger partial charge in [-0.1, -0.05) is 106 Å². The van der Waals surface area contributed by atoms with E-state index in [0.29, 0.717) is 29.6 Å². The van der Waals surface area contributed by atoms with Crippen molar-refractivity contribution in [2.75, 3.05) is 0 Å². The van der Waals surface area contributed by atoms with Crippen LogP contribution >= 0.6 is 0 Å². The summed E-state index contributed by atoms with van der Waals surface area (Å²) in [6, 6.07) is 19.6. The molecular weight excluding hydrogens is 422 g/mol. The summed E-state index contributed by atoms with van der Waals surface area (Å²) in [5, 5.41) is 1.27. The molecule has 0 saturated heterocycles. The monoisotopic (exact) mass is 461 g/mol. The van der Waals surface area contributed by atoms with Crippen LogP contribution in [0.3, 0.4) is 0 Å². The van der Waals surface area contributed by atoms with Gasteiger partial charge in [-0.15, -0.1) is 0 Å². The van der Waals surface area contributed by atoms with Crippen molar-refractivity contribution in [2.45, 2.75) is 51.9 Å². The van der Waals surface area contributed by atoms with Crippen molar-refractivity contribution in [2.24, 2.45) is 23.7 Å². The Balaban J connectivity index is 1.36. The Labute approximate surface area is 211 Å². The van der Waals surface area contributed by atoms with Gasteiger partial charge in [-0.2, -0.15) is 0 Å². The minimum Gasteiger partial charge on any atom is -0.361 e. The third-order valence-electron chi connectivity index (χ3n) is 8.59. The van der Waals surface area contributed by atoms with E-state index in [1.54, 1.807) is 5.57 Å². The predicted molar refractivity (Wildman–Crippen MR) is 151 cm³/mol. The topological polar surface area (TPSA) is 15.8 Å². The molecule has 5 rings (SSSR count). The van der Waals surface area contributed by atoms with Gasteiger partial charge in [0.1, 0.15) is 0 Å². The second kappa shape index (κ2) is 10.7. The summed E-state index contributed by atoms with van der Waals surface area (Å²) in [4.78, 5) is 3.46. The fourth-order valence-corrected chi connectivity index (χ4v) is 6.30.